The van der Waals surface area contributed by atoms with Crippen LogP contribution in [0, 0.1) is 11.8 Å². The number of aromatic nitrogens is 2. The van der Waals surface area contributed by atoms with Crippen molar-refractivity contribution in [1.29, 1.82) is 0 Å². The van der Waals surface area contributed by atoms with E-state index in [9.17, 15) is 0 Å². The summed E-state index contributed by atoms with van der Waals surface area (Å²) in [6, 6.07) is 0. The molecule has 0 amide bonds. The van der Waals surface area contributed by atoms with Gasteiger partial charge in [-0.05, 0) is 24.7 Å². The number of rotatable bonds is 6. The molecule has 0 spiro atoms. The highest BCUT2D eigenvalue weighted by molar-refractivity contribution is 5.66. The van der Waals surface area contributed by atoms with E-state index in [4.69, 9.17) is 10.5 Å². The van der Waals surface area contributed by atoms with Crippen LogP contribution in [-0.4, -0.2) is 23.1 Å². The first-order valence-electron chi connectivity index (χ1n) is 7.69. The molecule has 0 aromatic carbocycles. The van der Waals surface area contributed by atoms with Gasteiger partial charge in [0.25, 0.3) is 0 Å². The molecule has 1 aliphatic rings. The number of nitrogens with zero attached hydrogens (tertiary/aromatic N) is 2. The Morgan fingerprint density at radius 2 is 2.15 bits per heavy atom. The number of nitrogens with one attached hydrogen (secondary N) is 1. The molecule has 2 unspecified atom stereocenters. The van der Waals surface area contributed by atoms with Crippen molar-refractivity contribution < 1.29 is 4.74 Å². The summed E-state index contributed by atoms with van der Waals surface area (Å²) in [6.45, 7) is 5.95. The molecule has 3 N–H and O–H groups in total. The monoisotopic (exact) mass is 278 g/mol. The van der Waals surface area contributed by atoms with E-state index >= 15 is 0 Å². The zero-order valence-corrected chi connectivity index (χ0v) is 12.6. The summed E-state index contributed by atoms with van der Waals surface area (Å²) >= 11 is 0. The quantitative estimate of drug-likeness (QED) is 0.836. The molecule has 2 rings (SSSR count). The minimum Gasteiger partial charge on any atom is -0.476 e. The Labute approximate surface area is 121 Å². The van der Waals surface area contributed by atoms with Crippen molar-refractivity contribution >= 4 is 11.5 Å². The second kappa shape index (κ2) is 7.31. The van der Waals surface area contributed by atoms with Gasteiger partial charge in [0.05, 0.1) is 6.61 Å². The number of anilines is 2. The van der Waals surface area contributed by atoms with Gasteiger partial charge >= 0.3 is 0 Å². The summed E-state index contributed by atoms with van der Waals surface area (Å²) in [7, 11) is 0. The molecule has 20 heavy (non-hydrogen) atoms. The van der Waals surface area contributed by atoms with Crippen molar-refractivity contribution in [2.45, 2.75) is 46.0 Å². The van der Waals surface area contributed by atoms with Crippen LogP contribution < -0.4 is 15.8 Å². The Hall–Kier alpha value is -1.52. The number of nitrogen functional groups attached to an aromatic ring is 1. The molecule has 112 valence electrons. The van der Waals surface area contributed by atoms with Crippen molar-refractivity contribution in [3.8, 4) is 5.88 Å². The van der Waals surface area contributed by atoms with Gasteiger partial charge in [-0.15, -0.1) is 0 Å². The first kappa shape index (κ1) is 14.9. The zero-order valence-electron chi connectivity index (χ0n) is 12.6. The molecular formula is C15H26N4O. The van der Waals surface area contributed by atoms with Gasteiger partial charge in [0.15, 0.2) is 5.82 Å². The van der Waals surface area contributed by atoms with Gasteiger partial charge in [0, 0.05) is 6.54 Å². The summed E-state index contributed by atoms with van der Waals surface area (Å²) in [6.07, 6.45) is 7.76. The third kappa shape index (κ3) is 3.74. The van der Waals surface area contributed by atoms with Gasteiger partial charge in [-0.2, -0.15) is 4.98 Å². The van der Waals surface area contributed by atoms with Crippen LogP contribution in [0.15, 0.2) is 6.33 Å². The van der Waals surface area contributed by atoms with E-state index in [2.05, 4.69) is 29.1 Å². The van der Waals surface area contributed by atoms with Gasteiger partial charge < -0.3 is 15.8 Å². The molecule has 0 saturated heterocycles. The summed E-state index contributed by atoms with van der Waals surface area (Å²) < 4.78 is 5.52. The summed E-state index contributed by atoms with van der Waals surface area (Å²) in [5.41, 5.74) is 6.58. The molecule has 5 nitrogen and oxygen atoms in total. The first-order chi connectivity index (χ1) is 9.72. The van der Waals surface area contributed by atoms with Crippen molar-refractivity contribution in [3.63, 3.8) is 0 Å². The van der Waals surface area contributed by atoms with Crippen LogP contribution in [0.4, 0.5) is 11.5 Å². The summed E-state index contributed by atoms with van der Waals surface area (Å²) in [4.78, 5) is 8.32. The van der Waals surface area contributed by atoms with Crippen LogP contribution in [-0.2, 0) is 0 Å². The van der Waals surface area contributed by atoms with Crippen molar-refractivity contribution in [2.75, 3.05) is 24.2 Å². The first-order valence-corrected chi connectivity index (χ1v) is 7.69. The highest BCUT2D eigenvalue weighted by Gasteiger charge is 2.21. The van der Waals surface area contributed by atoms with E-state index in [-0.39, 0.29) is 0 Å². The predicted molar refractivity (Wildman–Crippen MR) is 81.8 cm³/mol. The third-order valence-electron chi connectivity index (χ3n) is 4.11. The minimum atomic E-state index is 0.487. The maximum absolute atomic E-state index is 6.06. The van der Waals surface area contributed by atoms with Crippen molar-refractivity contribution in [1.82, 2.24) is 9.97 Å². The Morgan fingerprint density at radius 3 is 2.90 bits per heavy atom. The van der Waals surface area contributed by atoms with E-state index in [1.165, 1.54) is 32.0 Å². The lowest BCUT2D eigenvalue weighted by Crippen LogP contribution is -2.25. The fourth-order valence-electron chi connectivity index (χ4n) is 2.76. The molecule has 5 heteroatoms. The third-order valence-corrected chi connectivity index (χ3v) is 4.11. The Bertz CT molecular complexity index is 424. The lowest BCUT2D eigenvalue weighted by molar-refractivity contribution is 0.268. The largest absolute Gasteiger partial charge is 0.476 e. The normalized spacial score (nSPS) is 22.5. The lowest BCUT2D eigenvalue weighted by Gasteiger charge is -2.29. The van der Waals surface area contributed by atoms with Gasteiger partial charge in [-0.1, -0.05) is 33.1 Å². The molecule has 1 aliphatic carbocycles. The topological polar surface area (TPSA) is 73.1 Å². The van der Waals surface area contributed by atoms with E-state index in [1.54, 1.807) is 0 Å². The Morgan fingerprint density at radius 1 is 1.35 bits per heavy atom. The molecule has 1 heterocycles. The number of nitrogens with two attached hydrogens (primary N) is 1. The maximum Gasteiger partial charge on any atom is 0.242 e. The maximum atomic E-state index is 6.06. The van der Waals surface area contributed by atoms with Crippen LogP contribution in [0.3, 0.4) is 0 Å². The highest BCUT2D eigenvalue weighted by Crippen LogP contribution is 2.31. The highest BCUT2D eigenvalue weighted by atomic mass is 16.5. The van der Waals surface area contributed by atoms with Crippen LogP contribution in [0.2, 0.25) is 0 Å². The number of ether oxygens (including phenoxy) is 1. The standard InChI is InChI=1S/C15H26N4O/c1-3-8-20-15-13(16)14(18-10-19-15)17-9-12-7-5-4-6-11(12)2/h10-12H,3-9,16H2,1-2H3,(H,17,18,19). The van der Waals surface area contributed by atoms with Gasteiger partial charge in [0.2, 0.25) is 5.88 Å². The zero-order chi connectivity index (χ0) is 14.4. The molecule has 2 atom stereocenters. The van der Waals surface area contributed by atoms with E-state index in [1.807, 2.05) is 0 Å². The molecule has 1 aromatic heterocycles. The van der Waals surface area contributed by atoms with Crippen LogP contribution in [0.25, 0.3) is 0 Å². The SMILES string of the molecule is CCCOc1ncnc(NCC2CCCCC2C)c1N. The molecule has 1 fully saturated rings. The predicted octanol–water partition coefficient (Wildman–Crippen LogP) is 3.09. The smallest absolute Gasteiger partial charge is 0.242 e. The van der Waals surface area contributed by atoms with Crippen LogP contribution in [0.5, 0.6) is 5.88 Å². The summed E-state index contributed by atoms with van der Waals surface area (Å²) in [5.74, 6) is 2.66. The van der Waals surface area contributed by atoms with Crippen molar-refractivity contribution in [3.05, 3.63) is 6.33 Å². The molecular weight excluding hydrogens is 252 g/mol. The lowest BCUT2D eigenvalue weighted by atomic mass is 9.80. The van der Waals surface area contributed by atoms with E-state index in [0.29, 0.717) is 29.9 Å². The molecule has 1 saturated carbocycles. The van der Waals surface area contributed by atoms with E-state index in [0.717, 1.165) is 18.9 Å². The van der Waals surface area contributed by atoms with Crippen LogP contribution >= 0.6 is 0 Å². The number of hydrogen-bond acceptors (Lipinski definition) is 5. The summed E-state index contributed by atoms with van der Waals surface area (Å²) in [5, 5.41) is 3.37. The van der Waals surface area contributed by atoms with Crippen molar-refractivity contribution in [2.24, 2.45) is 11.8 Å². The average molecular weight is 278 g/mol. The van der Waals surface area contributed by atoms with E-state index < -0.39 is 0 Å². The fraction of sp³-hybridized carbons (Fsp3) is 0.733. The average Bonchev–Trinajstić information content (AvgIpc) is 2.46. The second-order valence-corrected chi connectivity index (χ2v) is 5.69. The Balaban J connectivity index is 1.95. The Kier molecular flexibility index (Phi) is 5.44. The molecule has 1 aromatic rings. The molecule has 0 radical (unpaired) electrons. The van der Waals surface area contributed by atoms with Crippen LogP contribution in [0.1, 0.15) is 46.0 Å². The second-order valence-electron chi connectivity index (χ2n) is 5.69. The van der Waals surface area contributed by atoms with Gasteiger partial charge in [-0.3, -0.25) is 0 Å². The number of hydrogen-bond donors (Lipinski definition) is 2. The van der Waals surface area contributed by atoms with Gasteiger partial charge in [-0.25, -0.2) is 4.98 Å². The molecule has 0 aliphatic heterocycles. The molecule has 0 bridgehead atoms. The minimum absolute atomic E-state index is 0.487. The van der Waals surface area contributed by atoms with Gasteiger partial charge in [0.1, 0.15) is 12.0 Å². The fourth-order valence-corrected chi connectivity index (χ4v) is 2.76.